The van der Waals surface area contributed by atoms with Gasteiger partial charge in [-0.15, -0.1) is 0 Å². The number of halogens is 2. The third kappa shape index (κ3) is 2.56. The fraction of sp³-hybridized carbons (Fsp3) is 0.538. The molecule has 116 valence electrons. The van der Waals surface area contributed by atoms with E-state index in [0.29, 0.717) is 9.13 Å². The molecule has 0 bridgehead atoms. The molecular formula is C13H16F2N2O4. The molecule has 1 fully saturated rings. The third-order valence-corrected chi connectivity index (χ3v) is 3.49. The molecule has 1 aliphatic heterocycles. The molecule has 3 atom stereocenters. The summed E-state index contributed by atoms with van der Waals surface area (Å²) in [6, 6.07) is 0. The molecule has 1 saturated heterocycles. The van der Waals surface area contributed by atoms with Gasteiger partial charge in [-0.05, 0) is 6.92 Å². The van der Waals surface area contributed by atoms with Crippen molar-refractivity contribution in [2.75, 3.05) is 0 Å². The van der Waals surface area contributed by atoms with E-state index >= 15 is 0 Å². The summed E-state index contributed by atoms with van der Waals surface area (Å²) in [5, 5.41) is 9.40. The molecule has 1 aromatic heterocycles. The Morgan fingerprint density at radius 3 is 2.67 bits per heavy atom. The zero-order valence-corrected chi connectivity index (χ0v) is 11.6. The highest BCUT2D eigenvalue weighted by molar-refractivity contribution is 5.43. The zero-order chi connectivity index (χ0) is 15.9. The van der Waals surface area contributed by atoms with E-state index in [2.05, 4.69) is 6.58 Å². The molecule has 0 spiro atoms. The van der Waals surface area contributed by atoms with Crippen molar-refractivity contribution in [1.29, 1.82) is 0 Å². The first-order chi connectivity index (χ1) is 9.69. The van der Waals surface area contributed by atoms with Crippen LogP contribution in [0.3, 0.4) is 0 Å². The highest BCUT2D eigenvalue weighted by Gasteiger charge is 2.53. The molecule has 0 aliphatic carbocycles. The van der Waals surface area contributed by atoms with Crippen LogP contribution in [0.1, 0.15) is 25.1 Å². The lowest BCUT2D eigenvalue weighted by Crippen LogP contribution is -2.43. The summed E-state index contributed by atoms with van der Waals surface area (Å²) in [5.41, 5.74) is -1.53. The number of aliphatic hydroxyl groups excluding tert-OH is 1. The van der Waals surface area contributed by atoms with E-state index in [1.54, 1.807) is 0 Å². The smallest absolute Gasteiger partial charge is 0.333 e. The summed E-state index contributed by atoms with van der Waals surface area (Å²) in [6.07, 6.45) is -2.56. The molecule has 2 rings (SSSR count). The number of alkyl halides is 2. The van der Waals surface area contributed by atoms with E-state index in [-0.39, 0.29) is 5.56 Å². The van der Waals surface area contributed by atoms with Crippen LogP contribution in [-0.4, -0.2) is 32.4 Å². The van der Waals surface area contributed by atoms with Gasteiger partial charge in [0.2, 0.25) is 6.23 Å². The van der Waals surface area contributed by atoms with Crippen molar-refractivity contribution in [3.05, 3.63) is 39.2 Å². The minimum Gasteiger partial charge on any atom is -0.391 e. The van der Waals surface area contributed by atoms with Crippen molar-refractivity contribution in [2.24, 2.45) is 7.05 Å². The van der Waals surface area contributed by atoms with E-state index in [1.807, 2.05) is 0 Å². The van der Waals surface area contributed by atoms with Gasteiger partial charge in [0.15, 0.2) is 0 Å². The normalized spacial score (nSPS) is 25.8. The number of aliphatic hydroxyl groups is 1. The average Bonchev–Trinajstić information content (AvgIpc) is 2.73. The van der Waals surface area contributed by atoms with Gasteiger partial charge in [0, 0.05) is 19.7 Å². The van der Waals surface area contributed by atoms with Gasteiger partial charge in [0.25, 0.3) is 11.5 Å². The Labute approximate surface area is 118 Å². The van der Waals surface area contributed by atoms with Crippen molar-refractivity contribution < 1.29 is 18.6 Å². The van der Waals surface area contributed by atoms with Crippen LogP contribution in [0.4, 0.5) is 8.78 Å². The Morgan fingerprint density at radius 2 is 2.19 bits per heavy atom. The number of nitrogens with zero attached hydrogens (tertiary/aromatic N) is 2. The first kappa shape index (κ1) is 15.6. The van der Waals surface area contributed by atoms with Crippen LogP contribution >= 0.6 is 0 Å². The maximum atomic E-state index is 14.0. The molecule has 1 aliphatic rings. The third-order valence-electron chi connectivity index (χ3n) is 3.49. The SMILES string of the molecule is C=Cc1cn(C2OC(C(C)O)CC2(F)F)c(=O)n(C)c1=O. The van der Waals surface area contributed by atoms with Crippen molar-refractivity contribution in [2.45, 2.75) is 37.7 Å². The molecule has 0 amide bonds. The quantitative estimate of drug-likeness (QED) is 0.882. The Balaban J connectivity index is 2.57. The Morgan fingerprint density at radius 1 is 1.57 bits per heavy atom. The minimum atomic E-state index is -3.33. The summed E-state index contributed by atoms with van der Waals surface area (Å²) in [5.74, 6) is -3.33. The van der Waals surface area contributed by atoms with Crippen LogP contribution in [0.25, 0.3) is 6.08 Å². The van der Waals surface area contributed by atoms with E-state index in [0.717, 1.165) is 6.20 Å². The van der Waals surface area contributed by atoms with Gasteiger partial charge in [0.1, 0.15) is 0 Å². The molecule has 3 unspecified atom stereocenters. The molecule has 6 nitrogen and oxygen atoms in total. The maximum absolute atomic E-state index is 14.0. The van der Waals surface area contributed by atoms with Crippen LogP contribution in [0.5, 0.6) is 0 Å². The van der Waals surface area contributed by atoms with Gasteiger partial charge in [-0.1, -0.05) is 12.7 Å². The number of aromatic nitrogens is 2. The predicted octanol–water partition coefficient (Wildman–Crippen LogP) is 0.494. The molecule has 0 aromatic carbocycles. The van der Waals surface area contributed by atoms with E-state index in [1.165, 1.54) is 20.0 Å². The monoisotopic (exact) mass is 302 g/mol. The van der Waals surface area contributed by atoms with Gasteiger partial charge in [-0.3, -0.25) is 13.9 Å². The predicted molar refractivity (Wildman–Crippen MR) is 71.2 cm³/mol. The molecule has 8 heteroatoms. The van der Waals surface area contributed by atoms with E-state index < -0.39 is 42.0 Å². The molecular weight excluding hydrogens is 286 g/mol. The van der Waals surface area contributed by atoms with Gasteiger partial charge < -0.3 is 9.84 Å². The van der Waals surface area contributed by atoms with Gasteiger partial charge in [-0.2, -0.15) is 0 Å². The second-order valence-corrected chi connectivity index (χ2v) is 5.08. The average molecular weight is 302 g/mol. The molecule has 1 aromatic rings. The van der Waals surface area contributed by atoms with Crippen molar-refractivity contribution in [3.63, 3.8) is 0 Å². The number of hydrogen-bond acceptors (Lipinski definition) is 4. The van der Waals surface area contributed by atoms with Crippen LogP contribution < -0.4 is 11.2 Å². The lowest BCUT2D eigenvalue weighted by Gasteiger charge is -2.21. The standard InChI is InChI=1S/C13H16F2N2O4/c1-4-8-6-17(12(20)16(3)10(8)19)11-13(14,15)5-9(21-11)7(2)18/h4,6-7,9,11,18H,1,5H2,2-3H3. The minimum absolute atomic E-state index is 0.0111. The zero-order valence-electron chi connectivity index (χ0n) is 11.6. The maximum Gasteiger partial charge on any atom is 0.333 e. The van der Waals surface area contributed by atoms with Crippen molar-refractivity contribution in [1.82, 2.24) is 9.13 Å². The van der Waals surface area contributed by atoms with Crippen LogP contribution in [-0.2, 0) is 11.8 Å². The summed E-state index contributed by atoms with van der Waals surface area (Å²) in [6.45, 7) is 4.75. The summed E-state index contributed by atoms with van der Waals surface area (Å²) >= 11 is 0. The fourth-order valence-electron chi connectivity index (χ4n) is 2.26. The fourth-order valence-corrected chi connectivity index (χ4v) is 2.26. The van der Waals surface area contributed by atoms with Crippen LogP contribution in [0, 0.1) is 0 Å². The highest BCUT2D eigenvalue weighted by Crippen LogP contribution is 2.42. The molecule has 21 heavy (non-hydrogen) atoms. The van der Waals surface area contributed by atoms with E-state index in [4.69, 9.17) is 4.74 Å². The first-order valence-electron chi connectivity index (χ1n) is 6.35. The van der Waals surface area contributed by atoms with Gasteiger partial charge in [0.05, 0.1) is 17.8 Å². The molecule has 0 radical (unpaired) electrons. The second kappa shape index (κ2) is 5.19. The topological polar surface area (TPSA) is 73.5 Å². The largest absolute Gasteiger partial charge is 0.391 e. The highest BCUT2D eigenvalue weighted by atomic mass is 19.3. The summed E-state index contributed by atoms with van der Waals surface area (Å²) in [7, 11) is 1.19. The van der Waals surface area contributed by atoms with Crippen molar-refractivity contribution in [3.8, 4) is 0 Å². The van der Waals surface area contributed by atoms with Crippen molar-refractivity contribution >= 4 is 6.08 Å². The second-order valence-electron chi connectivity index (χ2n) is 5.08. The summed E-state index contributed by atoms with van der Waals surface area (Å²) < 4.78 is 34.6. The molecule has 0 saturated carbocycles. The first-order valence-corrected chi connectivity index (χ1v) is 6.35. The Hall–Kier alpha value is -1.80. The van der Waals surface area contributed by atoms with Crippen LogP contribution in [0.2, 0.25) is 0 Å². The summed E-state index contributed by atoms with van der Waals surface area (Å²) in [4.78, 5) is 23.8. The number of hydrogen-bond donors (Lipinski definition) is 1. The Bertz CT molecular complexity index is 678. The lowest BCUT2D eigenvalue weighted by atomic mass is 10.1. The molecule has 2 heterocycles. The van der Waals surface area contributed by atoms with E-state index in [9.17, 15) is 23.5 Å². The molecule has 1 N–H and O–H groups in total. The number of rotatable bonds is 3. The van der Waals surface area contributed by atoms with Crippen LogP contribution in [0.15, 0.2) is 22.4 Å². The number of ether oxygens (including phenoxy) is 1. The lowest BCUT2D eigenvalue weighted by molar-refractivity contribution is -0.126. The Kier molecular flexibility index (Phi) is 3.85. The van der Waals surface area contributed by atoms with Gasteiger partial charge >= 0.3 is 5.69 Å². The van der Waals surface area contributed by atoms with Gasteiger partial charge in [-0.25, -0.2) is 13.6 Å².